The highest BCUT2D eigenvalue weighted by molar-refractivity contribution is 5.91. The second-order valence-electron chi connectivity index (χ2n) is 5.79. The molecule has 0 saturated carbocycles. The van der Waals surface area contributed by atoms with E-state index in [-0.39, 0.29) is 5.82 Å². The molecular weight excluding hydrogens is 265 g/mol. The van der Waals surface area contributed by atoms with E-state index in [1.54, 1.807) is 6.07 Å². The van der Waals surface area contributed by atoms with E-state index in [2.05, 4.69) is 45.6 Å². The predicted octanol–water partition coefficient (Wildman–Crippen LogP) is 2.98. The third-order valence-corrected chi connectivity index (χ3v) is 4.40. The molecule has 0 unspecified atom stereocenters. The summed E-state index contributed by atoms with van der Waals surface area (Å²) in [6.07, 6.45) is 2.05. The standard InChI is InChI=1S/C17H18FN3/c1-19-7-9-20(10-8-19)17-12-13-11-14(18)4-5-15(13)21-6-2-3-16(17)21/h2-6,11-12H,7-10H2,1H3. The summed E-state index contributed by atoms with van der Waals surface area (Å²) in [5.74, 6) is -0.182. The molecule has 0 aliphatic carbocycles. The van der Waals surface area contributed by atoms with Crippen LogP contribution in [-0.2, 0) is 0 Å². The van der Waals surface area contributed by atoms with Crippen molar-refractivity contribution < 1.29 is 4.39 Å². The summed E-state index contributed by atoms with van der Waals surface area (Å²) in [6.45, 7) is 4.15. The highest BCUT2D eigenvalue weighted by atomic mass is 19.1. The lowest BCUT2D eigenvalue weighted by molar-refractivity contribution is 0.313. The number of likely N-dealkylation sites (N-methyl/N-ethyl adjacent to an activating group) is 1. The third-order valence-electron chi connectivity index (χ3n) is 4.40. The Morgan fingerprint density at radius 3 is 2.57 bits per heavy atom. The fraction of sp³-hybridized carbons (Fsp3) is 0.294. The molecule has 1 aliphatic rings. The van der Waals surface area contributed by atoms with E-state index in [0.717, 1.165) is 37.1 Å². The van der Waals surface area contributed by atoms with E-state index in [4.69, 9.17) is 0 Å². The quantitative estimate of drug-likeness (QED) is 0.680. The maximum atomic E-state index is 13.6. The smallest absolute Gasteiger partial charge is 0.123 e. The summed E-state index contributed by atoms with van der Waals surface area (Å²) in [5.41, 5.74) is 3.44. The predicted molar refractivity (Wildman–Crippen MR) is 84.6 cm³/mol. The Morgan fingerprint density at radius 1 is 0.952 bits per heavy atom. The molecule has 0 bridgehead atoms. The Balaban J connectivity index is 1.92. The maximum Gasteiger partial charge on any atom is 0.123 e. The molecule has 1 aliphatic heterocycles. The van der Waals surface area contributed by atoms with Crippen LogP contribution < -0.4 is 4.90 Å². The normalized spacial score (nSPS) is 17.0. The Bertz CT molecular complexity index is 800. The van der Waals surface area contributed by atoms with E-state index in [1.165, 1.54) is 17.3 Å². The number of halogens is 1. The summed E-state index contributed by atoms with van der Waals surface area (Å²) >= 11 is 0. The number of anilines is 1. The molecule has 0 spiro atoms. The molecule has 0 amide bonds. The van der Waals surface area contributed by atoms with Gasteiger partial charge in [0, 0.05) is 37.8 Å². The average molecular weight is 283 g/mol. The van der Waals surface area contributed by atoms with Gasteiger partial charge in [-0.15, -0.1) is 0 Å². The first-order valence-electron chi connectivity index (χ1n) is 7.35. The van der Waals surface area contributed by atoms with Crippen molar-refractivity contribution in [3.05, 3.63) is 48.4 Å². The van der Waals surface area contributed by atoms with Crippen molar-refractivity contribution >= 4 is 22.1 Å². The summed E-state index contributed by atoms with van der Waals surface area (Å²) < 4.78 is 15.7. The summed E-state index contributed by atoms with van der Waals surface area (Å²) in [4.78, 5) is 4.74. The summed E-state index contributed by atoms with van der Waals surface area (Å²) in [7, 11) is 2.15. The molecule has 0 N–H and O–H groups in total. The first-order chi connectivity index (χ1) is 10.2. The molecule has 3 aromatic rings. The van der Waals surface area contributed by atoms with Crippen LogP contribution in [0.5, 0.6) is 0 Å². The molecule has 108 valence electrons. The van der Waals surface area contributed by atoms with E-state index < -0.39 is 0 Å². The molecule has 4 heteroatoms. The first kappa shape index (κ1) is 12.7. The number of aromatic nitrogens is 1. The van der Waals surface area contributed by atoms with E-state index in [1.807, 2.05) is 6.07 Å². The van der Waals surface area contributed by atoms with Crippen molar-refractivity contribution in [2.75, 3.05) is 38.1 Å². The monoisotopic (exact) mass is 283 g/mol. The van der Waals surface area contributed by atoms with E-state index in [9.17, 15) is 4.39 Å². The summed E-state index contributed by atoms with van der Waals surface area (Å²) in [5, 5.41) is 0.952. The van der Waals surface area contributed by atoms with Gasteiger partial charge in [0.25, 0.3) is 0 Å². The Morgan fingerprint density at radius 2 is 1.76 bits per heavy atom. The van der Waals surface area contributed by atoms with Crippen LogP contribution in [0.1, 0.15) is 0 Å². The van der Waals surface area contributed by atoms with Crippen molar-refractivity contribution in [1.29, 1.82) is 0 Å². The Hall–Kier alpha value is -2.07. The van der Waals surface area contributed by atoms with Crippen molar-refractivity contribution in [3.63, 3.8) is 0 Å². The number of rotatable bonds is 1. The number of benzene rings is 1. The highest BCUT2D eigenvalue weighted by Crippen LogP contribution is 2.29. The minimum Gasteiger partial charge on any atom is -0.367 e. The highest BCUT2D eigenvalue weighted by Gasteiger charge is 2.17. The van der Waals surface area contributed by atoms with E-state index in [0.29, 0.717) is 0 Å². The molecule has 1 fully saturated rings. The van der Waals surface area contributed by atoms with Gasteiger partial charge in [0.05, 0.1) is 16.7 Å². The first-order valence-corrected chi connectivity index (χ1v) is 7.35. The minimum atomic E-state index is -0.182. The van der Waals surface area contributed by atoms with Gasteiger partial charge in [-0.2, -0.15) is 0 Å². The van der Waals surface area contributed by atoms with Gasteiger partial charge in [0.1, 0.15) is 5.82 Å². The number of nitrogens with zero attached hydrogens (tertiary/aromatic N) is 3. The van der Waals surface area contributed by atoms with Crippen LogP contribution in [0.25, 0.3) is 16.4 Å². The maximum absolute atomic E-state index is 13.6. The van der Waals surface area contributed by atoms with Crippen LogP contribution in [-0.4, -0.2) is 42.5 Å². The molecule has 2 aromatic heterocycles. The van der Waals surface area contributed by atoms with Gasteiger partial charge in [-0.05, 0) is 43.4 Å². The van der Waals surface area contributed by atoms with Crippen molar-refractivity contribution in [2.45, 2.75) is 0 Å². The van der Waals surface area contributed by atoms with Gasteiger partial charge in [0.15, 0.2) is 0 Å². The number of pyridine rings is 1. The topological polar surface area (TPSA) is 10.9 Å². The van der Waals surface area contributed by atoms with Crippen molar-refractivity contribution in [3.8, 4) is 0 Å². The lowest BCUT2D eigenvalue weighted by Gasteiger charge is -2.34. The van der Waals surface area contributed by atoms with Gasteiger partial charge < -0.3 is 14.2 Å². The van der Waals surface area contributed by atoms with E-state index >= 15 is 0 Å². The molecule has 1 aromatic carbocycles. The molecule has 4 rings (SSSR count). The molecule has 3 heterocycles. The lowest BCUT2D eigenvalue weighted by atomic mass is 10.1. The fourth-order valence-electron chi connectivity index (χ4n) is 3.18. The van der Waals surface area contributed by atoms with Gasteiger partial charge in [-0.3, -0.25) is 0 Å². The summed E-state index contributed by atoms with van der Waals surface area (Å²) in [6, 6.07) is 11.3. The van der Waals surface area contributed by atoms with Crippen LogP contribution in [0, 0.1) is 5.82 Å². The molecular formula is C17H18FN3. The van der Waals surface area contributed by atoms with Gasteiger partial charge in [-0.25, -0.2) is 4.39 Å². The molecule has 1 saturated heterocycles. The van der Waals surface area contributed by atoms with Crippen molar-refractivity contribution in [2.24, 2.45) is 0 Å². The third kappa shape index (κ3) is 2.07. The zero-order chi connectivity index (χ0) is 14.4. The van der Waals surface area contributed by atoms with Crippen LogP contribution in [0.2, 0.25) is 0 Å². The number of fused-ring (bicyclic) bond motifs is 3. The second-order valence-corrected chi connectivity index (χ2v) is 5.79. The minimum absolute atomic E-state index is 0.182. The van der Waals surface area contributed by atoms with Gasteiger partial charge >= 0.3 is 0 Å². The van der Waals surface area contributed by atoms with Crippen LogP contribution in [0.4, 0.5) is 10.1 Å². The molecule has 3 nitrogen and oxygen atoms in total. The molecule has 21 heavy (non-hydrogen) atoms. The number of hydrogen-bond acceptors (Lipinski definition) is 2. The Kier molecular flexibility index (Phi) is 2.86. The zero-order valence-corrected chi connectivity index (χ0v) is 12.1. The van der Waals surface area contributed by atoms with Crippen LogP contribution >= 0.6 is 0 Å². The molecule has 0 atom stereocenters. The van der Waals surface area contributed by atoms with Crippen LogP contribution in [0.3, 0.4) is 0 Å². The Labute approximate surface area is 123 Å². The largest absolute Gasteiger partial charge is 0.367 e. The fourth-order valence-corrected chi connectivity index (χ4v) is 3.18. The van der Waals surface area contributed by atoms with Gasteiger partial charge in [-0.1, -0.05) is 0 Å². The molecule has 0 radical (unpaired) electrons. The second kappa shape index (κ2) is 4.74. The number of piperazine rings is 1. The number of hydrogen-bond donors (Lipinski definition) is 0. The SMILES string of the molecule is CN1CCN(c2cc3cc(F)ccc3n3cccc23)CC1. The lowest BCUT2D eigenvalue weighted by Crippen LogP contribution is -2.44. The zero-order valence-electron chi connectivity index (χ0n) is 12.1. The van der Waals surface area contributed by atoms with Gasteiger partial charge in [0.2, 0.25) is 0 Å². The average Bonchev–Trinajstić information content (AvgIpc) is 2.96. The van der Waals surface area contributed by atoms with Crippen LogP contribution in [0.15, 0.2) is 42.6 Å². The van der Waals surface area contributed by atoms with Crippen molar-refractivity contribution in [1.82, 2.24) is 9.30 Å².